The van der Waals surface area contributed by atoms with Gasteiger partial charge in [-0.2, -0.15) is 5.26 Å². The van der Waals surface area contributed by atoms with Crippen LogP contribution in [-0.4, -0.2) is 23.4 Å². The predicted molar refractivity (Wildman–Crippen MR) is 70.8 cm³/mol. The Morgan fingerprint density at radius 3 is 2.72 bits per heavy atom. The summed E-state index contributed by atoms with van der Waals surface area (Å²) in [5.41, 5.74) is 0.450. The highest BCUT2D eigenvalue weighted by molar-refractivity contribution is 6.36. The lowest BCUT2D eigenvalue weighted by molar-refractivity contribution is 0.0747. The number of rotatable bonds is 4. The van der Waals surface area contributed by atoms with Crippen LogP contribution in [-0.2, 0) is 0 Å². The normalized spacial score (nSPS) is 14.1. The Labute approximate surface area is 116 Å². The van der Waals surface area contributed by atoms with Gasteiger partial charge in [0.1, 0.15) is 0 Å². The number of nitrogens with zero attached hydrogens (tertiary/aromatic N) is 2. The Hall–Kier alpha value is -1.24. The second kappa shape index (κ2) is 5.60. The van der Waals surface area contributed by atoms with Gasteiger partial charge in [0.15, 0.2) is 0 Å². The molecule has 1 amide bonds. The van der Waals surface area contributed by atoms with E-state index in [0.717, 1.165) is 12.8 Å². The molecule has 1 fully saturated rings. The van der Waals surface area contributed by atoms with E-state index in [1.807, 2.05) is 0 Å². The van der Waals surface area contributed by atoms with Crippen LogP contribution >= 0.6 is 23.2 Å². The van der Waals surface area contributed by atoms with E-state index in [4.69, 9.17) is 28.5 Å². The first kappa shape index (κ1) is 13.2. The van der Waals surface area contributed by atoms with Crippen molar-refractivity contribution in [3.05, 3.63) is 33.8 Å². The third kappa shape index (κ3) is 2.95. The number of carbonyl (C=O) groups is 1. The number of amides is 1. The Balaban J connectivity index is 2.19. The van der Waals surface area contributed by atoms with Crippen LogP contribution in [0.4, 0.5) is 0 Å². The molecule has 1 aromatic rings. The third-order valence-electron chi connectivity index (χ3n) is 2.87. The van der Waals surface area contributed by atoms with Crippen molar-refractivity contribution < 1.29 is 4.79 Å². The van der Waals surface area contributed by atoms with Crippen LogP contribution in [0, 0.1) is 11.3 Å². The highest BCUT2D eigenvalue weighted by atomic mass is 35.5. The topological polar surface area (TPSA) is 44.1 Å². The molecule has 3 nitrogen and oxygen atoms in total. The lowest BCUT2D eigenvalue weighted by atomic mass is 10.2. The van der Waals surface area contributed by atoms with Gasteiger partial charge in [0.05, 0.1) is 23.1 Å². The fourth-order valence-electron chi connectivity index (χ4n) is 1.82. The smallest absolute Gasteiger partial charge is 0.255 e. The second-order valence-electron chi connectivity index (χ2n) is 4.26. The highest BCUT2D eigenvalue weighted by Crippen LogP contribution is 2.30. The SMILES string of the molecule is N#CCCN(C(=O)c1ccc(Cl)cc1Cl)C1CC1. The largest absolute Gasteiger partial charge is 0.335 e. The molecule has 1 aliphatic carbocycles. The fraction of sp³-hybridized carbons (Fsp3) is 0.385. The van der Waals surface area contributed by atoms with Gasteiger partial charge in [-0.25, -0.2) is 0 Å². The summed E-state index contributed by atoms with van der Waals surface area (Å²) >= 11 is 11.8. The number of benzene rings is 1. The zero-order valence-corrected chi connectivity index (χ0v) is 11.2. The maximum atomic E-state index is 12.4. The first-order valence-electron chi connectivity index (χ1n) is 5.76. The summed E-state index contributed by atoms with van der Waals surface area (Å²) in [6.45, 7) is 0.457. The number of nitriles is 1. The lowest BCUT2D eigenvalue weighted by Crippen LogP contribution is -2.34. The zero-order chi connectivity index (χ0) is 13.1. The van der Waals surface area contributed by atoms with E-state index in [1.165, 1.54) is 0 Å². The van der Waals surface area contributed by atoms with Crippen molar-refractivity contribution >= 4 is 29.1 Å². The summed E-state index contributed by atoms with van der Waals surface area (Å²) in [7, 11) is 0. The summed E-state index contributed by atoms with van der Waals surface area (Å²) in [6.07, 6.45) is 2.35. The van der Waals surface area contributed by atoms with E-state index in [9.17, 15) is 4.79 Å². The van der Waals surface area contributed by atoms with E-state index >= 15 is 0 Å². The van der Waals surface area contributed by atoms with Gasteiger partial charge in [0.25, 0.3) is 5.91 Å². The molecule has 94 valence electrons. The maximum absolute atomic E-state index is 12.4. The van der Waals surface area contributed by atoms with Gasteiger partial charge < -0.3 is 4.90 Å². The molecule has 2 rings (SSSR count). The summed E-state index contributed by atoms with van der Waals surface area (Å²) in [4.78, 5) is 14.1. The summed E-state index contributed by atoms with van der Waals surface area (Å²) in [5, 5.41) is 9.49. The van der Waals surface area contributed by atoms with Crippen molar-refractivity contribution in [1.29, 1.82) is 5.26 Å². The number of halogens is 2. The van der Waals surface area contributed by atoms with Gasteiger partial charge in [-0.15, -0.1) is 0 Å². The summed E-state index contributed by atoms with van der Waals surface area (Å²) in [5.74, 6) is -0.116. The van der Waals surface area contributed by atoms with Crippen LogP contribution in [0.3, 0.4) is 0 Å². The van der Waals surface area contributed by atoms with E-state index in [1.54, 1.807) is 23.1 Å². The van der Waals surface area contributed by atoms with Crippen molar-refractivity contribution in [2.45, 2.75) is 25.3 Å². The molecule has 0 spiro atoms. The minimum Gasteiger partial charge on any atom is -0.335 e. The minimum atomic E-state index is -0.116. The summed E-state index contributed by atoms with van der Waals surface area (Å²) in [6, 6.07) is 7.17. The van der Waals surface area contributed by atoms with Gasteiger partial charge in [-0.1, -0.05) is 23.2 Å². The van der Waals surface area contributed by atoms with E-state index in [-0.39, 0.29) is 11.9 Å². The summed E-state index contributed by atoms with van der Waals surface area (Å²) < 4.78 is 0. The van der Waals surface area contributed by atoms with Crippen molar-refractivity contribution in [2.24, 2.45) is 0 Å². The molecule has 0 radical (unpaired) electrons. The Morgan fingerprint density at radius 2 is 2.17 bits per heavy atom. The number of carbonyl (C=O) groups excluding carboxylic acids is 1. The van der Waals surface area contributed by atoms with Crippen LogP contribution in [0.25, 0.3) is 0 Å². The van der Waals surface area contributed by atoms with Crippen LogP contribution < -0.4 is 0 Å². The Morgan fingerprint density at radius 1 is 1.44 bits per heavy atom. The minimum absolute atomic E-state index is 0.116. The zero-order valence-electron chi connectivity index (χ0n) is 9.70. The first-order chi connectivity index (χ1) is 8.63. The van der Waals surface area contributed by atoms with Gasteiger partial charge in [0, 0.05) is 17.6 Å². The highest BCUT2D eigenvalue weighted by Gasteiger charge is 2.33. The van der Waals surface area contributed by atoms with Crippen molar-refractivity contribution in [3.63, 3.8) is 0 Å². The lowest BCUT2D eigenvalue weighted by Gasteiger charge is -2.21. The molecule has 1 saturated carbocycles. The molecular formula is C13H12Cl2N2O. The third-order valence-corrected chi connectivity index (χ3v) is 3.42. The first-order valence-corrected chi connectivity index (χ1v) is 6.52. The standard InChI is InChI=1S/C13H12Cl2N2O/c14-9-2-5-11(12(15)8-9)13(18)17(7-1-6-16)10-3-4-10/h2,5,8,10H,1,3-4,7H2. The molecule has 0 unspecified atom stereocenters. The van der Waals surface area contributed by atoms with Gasteiger partial charge >= 0.3 is 0 Å². The van der Waals surface area contributed by atoms with E-state index in [0.29, 0.717) is 28.6 Å². The maximum Gasteiger partial charge on any atom is 0.255 e. The second-order valence-corrected chi connectivity index (χ2v) is 5.11. The quantitative estimate of drug-likeness (QED) is 0.848. The molecule has 18 heavy (non-hydrogen) atoms. The number of hydrogen-bond acceptors (Lipinski definition) is 2. The molecule has 0 heterocycles. The molecule has 0 bridgehead atoms. The monoisotopic (exact) mass is 282 g/mol. The molecule has 0 aromatic heterocycles. The van der Waals surface area contributed by atoms with Crippen molar-refractivity contribution in [1.82, 2.24) is 4.90 Å². The van der Waals surface area contributed by atoms with Gasteiger partial charge in [-0.3, -0.25) is 4.79 Å². The molecule has 0 saturated heterocycles. The fourth-order valence-corrected chi connectivity index (χ4v) is 2.31. The van der Waals surface area contributed by atoms with Crippen molar-refractivity contribution in [3.8, 4) is 6.07 Å². The average molecular weight is 283 g/mol. The molecule has 1 aliphatic rings. The molecule has 5 heteroatoms. The van der Waals surface area contributed by atoms with Crippen LogP contribution in [0.2, 0.25) is 10.0 Å². The number of hydrogen-bond donors (Lipinski definition) is 0. The van der Waals surface area contributed by atoms with Crippen LogP contribution in [0.15, 0.2) is 18.2 Å². The molecule has 1 aromatic carbocycles. The molecule has 0 atom stereocenters. The van der Waals surface area contributed by atoms with Gasteiger partial charge in [0.2, 0.25) is 0 Å². The van der Waals surface area contributed by atoms with Crippen molar-refractivity contribution in [2.75, 3.05) is 6.54 Å². The Bertz CT molecular complexity index is 506. The van der Waals surface area contributed by atoms with Crippen LogP contribution in [0.1, 0.15) is 29.6 Å². The molecule has 0 N–H and O–H groups in total. The van der Waals surface area contributed by atoms with Crippen LogP contribution in [0.5, 0.6) is 0 Å². The molecular weight excluding hydrogens is 271 g/mol. The van der Waals surface area contributed by atoms with E-state index < -0.39 is 0 Å². The molecule has 0 aliphatic heterocycles. The average Bonchev–Trinajstić information content (AvgIpc) is 3.13. The predicted octanol–water partition coefficient (Wildman–Crippen LogP) is 3.51. The Kier molecular flexibility index (Phi) is 4.11. The van der Waals surface area contributed by atoms with E-state index in [2.05, 4.69) is 6.07 Å². The van der Waals surface area contributed by atoms with Gasteiger partial charge in [-0.05, 0) is 31.0 Å².